The Morgan fingerprint density at radius 1 is 1.53 bits per heavy atom. The third kappa shape index (κ3) is 1.98. The number of nitrogens with zero attached hydrogens (tertiary/aromatic N) is 2. The average molecular weight is 237 g/mol. The summed E-state index contributed by atoms with van der Waals surface area (Å²) in [7, 11) is 1.72. The van der Waals surface area contributed by atoms with Gasteiger partial charge < -0.3 is 14.6 Å². The second-order valence-corrected chi connectivity index (χ2v) is 5.44. The summed E-state index contributed by atoms with van der Waals surface area (Å²) in [4.78, 5) is 4.55. The lowest BCUT2D eigenvalue weighted by atomic mass is 9.90. The van der Waals surface area contributed by atoms with Crippen LogP contribution in [0.1, 0.15) is 44.0 Å². The number of rotatable bonds is 4. The Kier molecular flexibility index (Phi) is 2.67. The molecule has 1 aromatic rings. The number of hydrogen-bond donors (Lipinski definition) is 1. The van der Waals surface area contributed by atoms with E-state index in [0.717, 1.165) is 31.2 Å². The van der Waals surface area contributed by atoms with Crippen molar-refractivity contribution in [2.45, 2.75) is 37.7 Å². The van der Waals surface area contributed by atoms with Gasteiger partial charge in [-0.05, 0) is 38.6 Å². The van der Waals surface area contributed by atoms with Gasteiger partial charge in [0.05, 0.1) is 5.41 Å². The van der Waals surface area contributed by atoms with Gasteiger partial charge in [0.2, 0.25) is 11.7 Å². The first kappa shape index (κ1) is 11.2. The average Bonchev–Trinajstić information content (AvgIpc) is 2.86. The van der Waals surface area contributed by atoms with E-state index in [1.165, 1.54) is 12.8 Å². The molecule has 2 heterocycles. The van der Waals surface area contributed by atoms with Crippen LogP contribution in [0.25, 0.3) is 0 Å². The summed E-state index contributed by atoms with van der Waals surface area (Å²) < 4.78 is 10.9. The Bertz CT molecular complexity index is 394. The van der Waals surface area contributed by atoms with Gasteiger partial charge in [-0.1, -0.05) is 5.16 Å². The minimum atomic E-state index is -0.00685. The van der Waals surface area contributed by atoms with Gasteiger partial charge in [-0.2, -0.15) is 4.98 Å². The van der Waals surface area contributed by atoms with Crippen LogP contribution in [0.2, 0.25) is 0 Å². The highest BCUT2D eigenvalue weighted by Gasteiger charge is 2.39. The van der Waals surface area contributed by atoms with E-state index in [9.17, 15) is 0 Å². The molecule has 2 unspecified atom stereocenters. The van der Waals surface area contributed by atoms with Crippen LogP contribution in [0.5, 0.6) is 0 Å². The summed E-state index contributed by atoms with van der Waals surface area (Å²) in [5.41, 5.74) is -0.00685. The topological polar surface area (TPSA) is 60.2 Å². The molecule has 5 nitrogen and oxygen atoms in total. The van der Waals surface area contributed by atoms with Gasteiger partial charge in [0.15, 0.2) is 0 Å². The molecule has 0 bridgehead atoms. The van der Waals surface area contributed by atoms with Gasteiger partial charge in [-0.25, -0.2) is 0 Å². The highest BCUT2D eigenvalue weighted by atomic mass is 16.5. The monoisotopic (exact) mass is 237 g/mol. The molecule has 1 aliphatic carbocycles. The normalized spacial score (nSPS) is 30.7. The van der Waals surface area contributed by atoms with Crippen LogP contribution in [-0.4, -0.2) is 30.3 Å². The fraction of sp³-hybridized carbons (Fsp3) is 0.833. The zero-order valence-electron chi connectivity index (χ0n) is 10.4. The van der Waals surface area contributed by atoms with Crippen LogP contribution in [-0.2, 0) is 10.2 Å². The Labute approximate surface area is 101 Å². The van der Waals surface area contributed by atoms with E-state index >= 15 is 0 Å². The number of aromatic nitrogens is 2. The van der Waals surface area contributed by atoms with Crippen molar-refractivity contribution in [1.82, 2.24) is 15.5 Å². The van der Waals surface area contributed by atoms with Crippen molar-refractivity contribution in [3.8, 4) is 0 Å². The van der Waals surface area contributed by atoms with Crippen molar-refractivity contribution in [2.75, 3.05) is 20.2 Å². The molecule has 1 saturated carbocycles. The van der Waals surface area contributed by atoms with Gasteiger partial charge in [0.1, 0.15) is 6.10 Å². The lowest BCUT2D eigenvalue weighted by Crippen LogP contribution is -2.25. The van der Waals surface area contributed by atoms with Gasteiger partial charge >= 0.3 is 0 Å². The molecule has 0 aromatic carbocycles. The number of methoxy groups -OCH3 is 1. The van der Waals surface area contributed by atoms with Crippen LogP contribution in [0.15, 0.2) is 4.52 Å². The molecule has 2 atom stereocenters. The molecule has 1 saturated heterocycles. The summed E-state index contributed by atoms with van der Waals surface area (Å²) in [6.45, 7) is 4.10. The molecule has 1 aliphatic heterocycles. The highest BCUT2D eigenvalue weighted by molar-refractivity contribution is 5.09. The van der Waals surface area contributed by atoms with Crippen molar-refractivity contribution >= 4 is 0 Å². The molecule has 0 amide bonds. The summed E-state index contributed by atoms with van der Waals surface area (Å²) in [5, 5.41) is 7.44. The minimum Gasteiger partial charge on any atom is -0.373 e. The predicted octanol–water partition coefficient (Wildman–Crippen LogP) is 1.42. The van der Waals surface area contributed by atoms with Crippen LogP contribution < -0.4 is 5.32 Å². The van der Waals surface area contributed by atoms with E-state index in [1.807, 2.05) is 0 Å². The molecule has 3 rings (SSSR count). The molecule has 1 aromatic heterocycles. The van der Waals surface area contributed by atoms with Crippen LogP contribution in [0, 0.1) is 5.92 Å². The molecule has 0 spiro atoms. The molecule has 2 aliphatic rings. The number of hydrogen-bond acceptors (Lipinski definition) is 5. The summed E-state index contributed by atoms with van der Waals surface area (Å²) in [6.07, 6.45) is 3.49. The summed E-state index contributed by atoms with van der Waals surface area (Å²) in [5.74, 6) is 2.05. The largest absolute Gasteiger partial charge is 0.373 e. The zero-order valence-corrected chi connectivity index (χ0v) is 10.4. The van der Waals surface area contributed by atoms with Crippen molar-refractivity contribution in [3.05, 3.63) is 11.7 Å². The molecule has 17 heavy (non-hydrogen) atoms. The molecule has 5 heteroatoms. The first-order chi connectivity index (χ1) is 8.23. The van der Waals surface area contributed by atoms with E-state index in [1.54, 1.807) is 7.11 Å². The molecule has 1 N–H and O–H groups in total. The smallest absolute Gasteiger partial charge is 0.234 e. The van der Waals surface area contributed by atoms with Crippen LogP contribution in [0.3, 0.4) is 0 Å². The minimum absolute atomic E-state index is 0.00685. The SMILES string of the molecule is COC(c1noc(C2(C)CCNC2)n1)C1CC1. The number of nitrogens with one attached hydrogen (secondary N) is 1. The quantitative estimate of drug-likeness (QED) is 0.858. The zero-order chi connectivity index (χ0) is 11.9. The van der Waals surface area contributed by atoms with Crippen molar-refractivity contribution in [2.24, 2.45) is 5.92 Å². The van der Waals surface area contributed by atoms with E-state index in [4.69, 9.17) is 9.26 Å². The van der Waals surface area contributed by atoms with E-state index in [2.05, 4.69) is 22.4 Å². The highest BCUT2D eigenvalue weighted by Crippen LogP contribution is 2.42. The van der Waals surface area contributed by atoms with E-state index in [-0.39, 0.29) is 11.5 Å². The molecule has 2 fully saturated rings. The fourth-order valence-electron chi connectivity index (χ4n) is 2.50. The predicted molar refractivity (Wildman–Crippen MR) is 61.6 cm³/mol. The van der Waals surface area contributed by atoms with E-state index in [0.29, 0.717) is 5.92 Å². The maximum atomic E-state index is 5.47. The third-order valence-electron chi connectivity index (χ3n) is 3.89. The molecular formula is C12H19N3O2. The Hall–Kier alpha value is -0.940. The molecular weight excluding hydrogens is 218 g/mol. The van der Waals surface area contributed by atoms with Gasteiger partial charge in [0.25, 0.3) is 0 Å². The Balaban J connectivity index is 1.81. The molecule has 0 radical (unpaired) electrons. The standard InChI is InChI=1S/C12H19N3O2/c1-12(5-6-13-7-12)11-14-10(15-17-11)9(16-2)8-3-4-8/h8-9,13H,3-7H2,1-2H3. The fourth-order valence-corrected chi connectivity index (χ4v) is 2.50. The third-order valence-corrected chi connectivity index (χ3v) is 3.89. The van der Waals surface area contributed by atoms with Crippen LogP contribution >= 0.6 is 0 Å². The lowest BCUT2D eigenvalue weighted by Gasteiger charge is -2.16. The first-order valence-electron chi connectivity index (χ1n) is 6.30. The van der Waals surface area contributed by atoms with Crippen LogP contribution in [0.4, 0.5) is 0 Å². The molecule has 94 valence electrons. The second-order valence-electron chi connectivity index (χ2n) is 5.44. The van der Waals surface area contributed by atoms with Gasteiger partial charge in [0, 0.05) is 13.7 Å². The number of ether oxygens (including phenoxy) is 1. The second kappa shape index (κ2) is 4.07. The summed E-state index contributed by atoms with van der Waals surface area (Å²) >= 11 is 0. The maximum absolute atomic E-state index is 5.47. The first-order valence-corrected chi connectivity index (χ1v) is 6.30. The Morgan fingerprint density at radius 2 is 2.35 bits per heavy atom. The van der Waals surface area contributed by atoms with Crippen molar-refractivity contribution in [3.63, 3.8) is 0 Å². The maximum Gasteiger partial charge on any atom is 0.234 e. The Morgan fingerprint density at radius 3 is 2.94 bits per heavy atom. The summed E-state index contributed by atoms with van der Waals surface area (Å²) in [6, 6.07) is 0. The van der Waals surface area contributed by atoms with Gasteiger partial charge in [-0.15, -0.1) is 0 Å². The van der Waals surface area contributed by atoms with Gasteiger partial charge in [-0.3, -0.25) is 0 Å². The van der Waals surface area contributed by atoms with E-state index < -0.39 is 0 Å². The van der Waals surface area contributed by atoms with Crippen molar-refractivity contribution in [1.29, 1.82) is 0 Å². The van der Waals surface area contributed by atoms with Crippen molar-refractivity contribution < 1.29 is 9.26 Å². The lowest BCUT2D eigenvalue weighted by molar-refractivity contribution is 0.0751.